The molecule has 1 amide bonds. The van der Waals surface area contributed by atoms with E-state index in [-0.39, 0.29) is 5.91 Å². The second-order valence-electron chi connectivity index (χ2n) is 4.34. The molecule has 4 nitrogen and oxygen atoms in total. The molecule has 0 aliphatic carbocycles. The summed E-state index contributed by atoms with van der Waals surface area (Å²) in [5.41, 5.74) is 1.58. The number of hydrogen-bond donors (Lipinski definition) is 0. The van der Waals surface area contributed by atoms with E-state index in [1.54, 1.807) is 29.0 Å². The van der Waals surface area contributed by atoms with Gasteiger partial charge in [0.1, 0.15) is 0 Å². The maximum Gasteiger partial charge on any atom is 0.256 e. The summed E-state index contributed by atoms with van der Waals surface area (Å²) in [4.78, 5) is 13.6. The Bertz CT molecular complexity index is 580. The van der Waals surface area contributed by atoms with Crippen molar-refractivity contribution in [2.45, 2.75) is 13.5 Å². The summed E-state index contributed by atoms with van der Waals surface area (Å²) in [6.45, 7) is 3.17. The van der Waals surface area contributed by atoms with Gasteiger partial charge in [-0.3, -0.25) is 9.48 Å². The summed E-state index contributed by atoms with van der Waals surface area (Å²) >= 11 is 6.10. The van der Waals surface area contributed by atoms with E-state index in [9.17, 15) is 4.79 Å². The summed E-state index contributed by atoms with van der Waals surface area (Å²) in [7, 11) is 1.77. The van der Waals surface area contributed by atoms with Crippen molar-refractivity contribution in [3.05, 3.63) is 52.8 Å². The van der Waals surface area contributed by atoms with Gasteiger partial charge in [0.2, 0.25) is 0 Å². The fourth-order valence-electron chi connectivity index (χ4n) is 1.73. The summed E-state index contributed by atoms with van der Waals surface area (Å²) in [5, 5.41) is 4.91. The summed E-state index contributed by atoms with van der Waals surface area (Å²) in [6, 6.07) is 7.61. The Hall–Kier alpha value is -1.81. The maximum absolute atomic E-state index is 12.0. The third-order valence-corrected chi connectivity index (χ3v) is 3.36. The second-order valence-corrected chi connectivity index (χ2v) is 4.74. The Morgan fingerprint density at radius 2 is 2.16 bits per heavy atom. The van der Waals surface area contributed by atoms with Crippen LogP contribution in [0.1, 0.15) is 22.8 Å². The fourth-order valence-corrected chi connectivity index (χ4v) is 1.92. The zero-order chi connectivity index (χ0) is 13.8. The Balaban J connectivity index is 2.14. The van der Waals surface area contributed by atoms with E-state index in [2.05, 4.69) is 5.10 Å². The van der Waals surface area contributed by atoms with Crippen LogP contribution in [0.4, 0.5) is 0 Å². The quantitative estimate of drug-likeness (QED) is 0.862. The lowest BCUT2D eigenvalue weighted by Crippen LogP contribution is -2.25. The first-order valence-electron chi connectivity index (χ1n) is 6.13. The standard InChI is InChI=1S/C14H16ClN3O/c1-3-17(2)14(19)12-8-16-18(10-12)9-11-6-4-5-7-13(11)15/h4-8,10H,3,9H2,1-2H3. The third-order valence-electron chi connectivity index (χ3n) is 2.99. The number of carbonyl (C=O) groups excluding carboxylic acids is 1. The van der Waals surface area contributed by atoms with Crippen molar-refractivity contribution in [3.8, 4) is 0 Å². The number of amides is 1. The highest BCUT2D eigenvalue weighted by molar-refractivity contribution is 6.31. The molecule has 0 aliphatic heterocycles. The predicted molar refractivity (Wildman–Crippen MR) is 75.4 cm³/mol. The summed E-state index contributed by atoms with van der Waals surface area (Å²) in [6.07, 6.45) is 3.34. The SMILES string of the molecule is CCN(C)C(=O)c1cnn(Cc2ccccc2Cl)c1. The molecule has 0 radical (unpaired) electrons. The molecule has 0 saturated heterocycles. The maximum atomic E-state index is 12.0. The Morgan fingerprint density at radius 1 is 1.42 bits per heavy atom. The predicted octanol–water partition coefficient (Wildman–Crippen LogP) is 2.68. The Labute approximate surface area is 117 Å². The molecule has 1 aromatic heterocycles. The van der Waals surface area contributed by atoms with Crippen LogP contribution in [0.15, 0.2) is 36.7 Å². The molecule has 0 aliphatic rings. The largest absolute Gasteiger partial charge is 0.342 e. The van der Waals surface area contributed by atoms with Gasteiger partial charge < -0.3 is 4.90 Å². The summed E-state index contributed by atoms with van der Waals surface area (Å²) in [5.74, 6) is -0.0205. The minimum atomic E-state index is -0.0205. The van der Waals surface area contributed by atoms with Crippen LogP contribution in [0.25, 0.3) is 0 Å². The van der Waals surface area contributed by atoms with Gasteiger partial charge in [-0.1, -0.05) is 29.8 Å². The molecule has 0 bridgehead atoms. The van der Waals surface area contributed by atoms with Gasteiger partial charge in [-0.05, 0) is 18.6 Å². The molecular weight excluding hydrogens is 262 g/mol. The molecule has 1 aromatic carbocycles. The molecule has 1 heterocycles. The number of halogens is 1. The molecule has 0 saturated carbocycles. The van der Waals surface area contributed by atoms with Crippen molar-refractivity contribution < 1.29 is 4.79 Å². The first kappa shape index (κ1) is 13.6. The average molecular weight is 278 g/mol. The highest BCUT2D eigenvalue weighted by atomic mass is 35.5. The number of benzene rings is 1. The first-order valence-corrected chi connectivity index (χ1v) is 6.51. The summed E-state index contributed by atoms with van der Waals surface area (Å²) < 4.78 is 1.72. The molecule has 0 N–H and O–H groups in total. The Morgan fingerprint density at radius 3 is 2.84 bits per heavy atom. The molecule has 0 unspecified atom stereocenters. The normalized spacial score (nSPS) is 10.5. The van der Waals surface area contributed by atoms with E-state index in [1.807, 2.05) is 31.2 Å². The van der Waals surface area contributed by atoms with Gasteiger partial charge in [0.05, 0.1) is 18.3 Å². The molecule has 19 heavy (non-hydrogen) atoms. The van der Waals surface area contributed by atoms with Crippen molar-refractivity contribution in [2.24, 2.45) is 0 Å². The fraction of sp³-hybridized carbons (Fsp3) is 0.286. The van der Waals surface area contributed by atoms with Crippen molar-refractivity contribution in [1.82, 2.24) is 14.7 Å². The third kappa shape index (κ3) is 3.15. The molecular formula is C14H16ClN3O. The number of aromatic nitrogens is 2. The molecule has 5 heteroatoms. The van der Waals surface area contributed by atoms with Gasteiger partial charge in [-0.15, -0.1) is 0 Å². The smallest absolute Gasteiger partial charge is 0.256 e. The van der Waals surface area contributed by atoms with Crippen LogP contribution in [0.5, 0.6) is 0 Å². The van der Waals surface area contributed by atoms with Crippen molar-refractivity contribution in [2.75, 3.05) is 13.6 Å². The van der Waals surface area contributed by atoms with Gasteiger partial charge in [-0.2, -0.15) is 5.10 Å². The zero-order valence-corrected chi connectivity index (χ0v) is 11.8. The van der Waals surface area contributed by atoms with E-state index in [0.717, 1.165) is 5.56 Å². The van der Waals surface area contributed by atoms with Gasteiger partial charge in [0.15, 0.2) is 0 Å². The lowest BCUT2D eigenvalue weighted by Gasteiger charge is -2.12. The second kappa shape index (κ2) is 5.89. The molecule has 0 atom stereocenters. The number of nitrogens with zero attached hydrogens (tertiary/aromatic N) is 3. The van der Waals surface area contributed by atoms with E-state index >= 15 is 0 Å². The van der Waals surface area contributed by atoms with Crippen molar-refractivity contribution in [1.29, 1.82) is 0 Å². The van der Waals surface area contributed by atoms with Crippen LogP contribution in [0.3, 0.4) is 0 Å². The number of hydrogen-bond acceptors (Lipinski definition) is 2. The Kier molecular flexibility index (Phi) is 4.22. The van der Waals surface area contributed by atoms with Crippen molar-refractivity contribution >= 4 is 17.5 Å². The van der Waals surface area contributed by atoms with Crippen molar-refractivity contribution in [3.63, 3.8) is 0 Å². The van der Waals surface area contributed by atoms with Crippen LogP contribution in [0.2, 0.25) is 5.02 Å². The average Bonchev–Trinajstić information content (AvgIpc) is 2.88. The minimum absolute atomic E-state index is 0.0205. The van der Waals surface area contributed by atoms with Gasteiger partial charge in [-0.25, -0.2) is 0 Å². The van der Waals surface area contributed by atoms with Gasteiger partial charge in [0, 0.05) is 24.8 Å². The number of carbonyl (C=O) groups is 1. The van der Waals surface area contributed by atoms with Crippen LogP contribution < -0.4 is 0 Å². The highest BCUT2D eigenvalue weighted by Crippen LogP contribution is 2.16. The van der Waals surface area contributed by atoms with Crippen LogP contribution in [-0.2, 0) is 6.54 Å². The van der Waals surface area contributed by atoms with E-state index in [4.69, 9.17) is 11.6 Å². The zero-order valence-electron chi connectivity index (χ0n) is 11.0. The molecule has 100 valence electrons. The highest BCUT2D eigenvalue weighted by Gasteiger charge is 2.12. The first-order chi connectivity index (χ1) is 9.11. The molecule has 0 fully saturated rings. The molecule has 2 aromatic rings. The van der Waals surface area contributed by atoms with E-state index in [0.29, 0.717) is 23.7 Å². The van der Waals surface area contributed by atoms with E-state index in [1.165, 1.54) is 0 Å². The molecule has 2 rings (SSSR count). The van der Waals surface area contributed by atoms with Gasteiger partial charge in [0.25, 0.3) is 5.91 Å². The minimum Gasteiger partial charge on any atom is -0.342 e. The lowest BCUT2D eigenvalue weighted by molar-refractivity contribution is 0.0802. The van der Waals surface area contributed by atoms with Crippen LogP contribution in [-0.4, -0.2) is 34.2 Å². The van der Waals surface area contributed by atoms with E-state index < -0.39 is 0 Å². The van der Waals surface area contributed by atoms with Gasteiger partial charge >= 0.3 is 0 Å². The van der Waals surface area contributed by atoms with Crippen LogP contribution in [0, 0.1) is 0 Å². The van der Waals surface area contributed by atoms with Crippen LogP contribution >= 0.6 is 11.6 Å². The lowest BCUT2D eigenvalue weighted by atomic mass is 10.2. The monoisotopic (exact) mass is 277 g/mol. The number of rotatable bonds is 4. The molecule has 0 spiro atoms. The topological polar surface area (TPSA) is 38.1 Å².